The molecule has 6 heteroatoms. The molecule has 0 bridgehead atoms. The van der Waals surface area contributed by atoms with Crippen molar-refractivity contribution in [2.45, 2.75) is 0 Å². The normalized spacial score (nSPS) is 11.7. The number of hydrogen-bond donors (Lipinski definition) is 0. The molecule has 0 amide bonds. The van der Waals surface area contributed by atoms with Gasteiger partial charge in [0.25, 0.3) is 0 Å². The molecular formula is C59H37N5O. The molecule has 0 aliphatic rings. The Labute approximate surface area is 374 Å². The summed E-state index contributed by atoms with van der Waals surface area (Å²) in [5.74, 6) is 1.79. The van der Waals surface area contributed by atoms with Crippen LogP contribution in [-0.2, 0) is 0 Å². The number of imidazole rings is 2. The Bertz CT molecular complexity index is 3740. The van der Waals surface area contributed by atoms with Crippen LogP contribution in [0.25, 0.3) is 123 Å². The molecule has 0 atom stereocenters. The number of pyridine rings is 1. The monoisotopic (exact) mass is 831 g/mol. The zero-order chi connectivity index (χ0) is 42.8. The molecule has 0 radical (unpaired) electrons. The average Bonchev–Trinajstić information content (AvgIpc) is 4.09. The van der Waals surface area contributed by atoms with Gasteiger partial charge in [0.2, 0.25) is 0 Å². The molecule has 13 rings (SSSR count). The first-order valence-electron chi connectivity index (χ1n) is 21.8. The van der Waals surface area contributed by atoms with Crippen molar-refractivity contribution in [3.8, 4) is 67.7 Å². The summed E-state index contributed by atoms with van der Waals surface area (Å²) >= 11 is 0. The van der Waals surface area contributed by atoms with Crippen LogP contribution in [-0.4, -0.2) is 24.1 Å². The van der Waals surface area contributed by atoms with Crippen LogP contribution in [0.15, 0.2) is 229 Å². The molecule has 0 unspecified atom stereocenters. The second-order valence-electron chi connectivity index (χ2n) is 16.4. The molecule has 0 saturated heterocycles. The average molecular weight is 832 g/mol. The predicted octanol–water partition coefficient (Wildman–Crippen LogP) is 15.1. The predicted molar refractivity (Wildman–Crippen MR) is 265 cm³/mol. The van der Waals surface area contributed by atoms with Gasteiger partial charge in [-0.25, -0.2) is 15.0 Å². The molecule has 0 N–H and O–H groups in total. The quantitative estimate of drug-likeness (QED) is 0.160. The van der Waals surface area contributed by atoms with E-state index in [0.717, 1.165) is 123 Å². The van der Waals surface area contributed by atoms with Crippen LogP contribution in [0.5, 0.6) is 0 Å². The number of hydrogen-bond acceptors (Lipinski definition) is 4. The van der Waals surface area contributed by atoms with Gasteiger partial charge in [0.05, 0.1) is 38.7 Å². The number of aromatic nitrogens is 5. The number of benzene rings is 9. The van der Waals surface area contributed by atoms with Crippen molar-refractivity contribution in [3.63, 3.8) is 0 Å². The molecule has 0 spiro atoms. The van der Waals surface area contributed by atoms with E-state index in [4.69, 9.17) is 19.4 Å². The van der Waals surface area contributed by atoms with E-state index in [1.54, 1.807) is 0 Å². The van der Waals surface area contributed by atoms with Crippen LogP contribution in [0.4, 0.5) is 0 Å². The van der Waals surface area contributed by atoms with Crippen molar-refractivity contribution in [1.82, 2.24) is 24.1 Å². The molecular weight excluding hydrogens is 795 g/mol. The van der Waals surface area contributed by atoms with E-state index in [2.05, 4.69) is 185 Å². The van der Waals surface area contributed by atoms with Crippen molar-refractivity contribution in [2.24, 2.45) is 0 Å². The first-order valence-corrected chi connectivity index (χ1v) is 21.8. The smallest absolute Gasteiger partial charge is 0.147 e. The maximum absolute atomic E-state index is 6.64. The fourth-order valence-corrected chi connectivity index (χ4v) is 9.46. The van der Waals surface area contributed by atoms with E-state index in [9.17, 15) is 0 Å². The largest absolute Gasteiger partial charge is 0.455 e. The van der Waals surface area contributed by atoms with Gasteiger partial charge in [-0.05, 0) is 107 Å². The van der Waals surface area contributed by atoms with Gasteiger partial charge < -0.3 is 4.42 Å². The lowest BCUT2D eigenvalue weighted by atomic mass is 9.92. The van der Waals surface area contributed by atoms with Gasteiger partial charge in [0.1, 0.15) is 22.8 Å². The Morgan fingerprint density at radius 3 is 1.31 bits per heavy atom. The highest BCUT2D eigenvalue weighted by molar-refractivity contribution is 6.19. The summed E-state index contributed by atoms with van der Waals surface area (Å²) in [6, 6.07) is 78.5. The molecule has 9 aromatic carbocycles. The molecule has 0 saturated carbocycles. The molecule has 0 fully saturated rings. The fourth-order valence-electron chi connectivity index (χ4n) is 9.46. The summed E-state index contributed by atoms with van der Waals surface area (Å²) in [4.78, 5) is 15.7. The van der Waals surface area contributed by atoms with Crippen LogP contribution in [0, 0.1) is 0 Å². The maximum Gasteiger partial charge on any atom is 0.147 e. The minimum absolute atomic E-state index is 0.840. The molecule has 304 valence electrons. The highest BCUT2D eigenvalue weighted by Crippen LogP contribution is 2.42. The Morgan fingerprint density at radius 1 is 0.323 bits per heavy atom. The summed E-state index contributed by atoms with van der Waals surface area (Å²) in [6.45, 7) is 0. The van der Waals surface area contributed by atoms with E-state index >= 15 is 0 Å². The van der Waals surface area contributed by atoms with Crippen LogP contribution in [0.2, 0.25) is 0 Å². The maximum atomic E-state index is 6.64. The SMILES string of the molecule is c1ccc(-n2c(-c3ccc(-c4cc(-c5ccc(-c6nc7ccccc7n6-c6ccccc6)cc5)cc(-c5nc6ccccc6c6oc7ccccc7c56)c4)cc3)nc3ccccc32)cc1. The standard InChI is InChI=1S/C59H37N5O/c1-3-15-45(16-4-1)63-52-24-12-10-22-50(52)61-58(63)40-31-27-38(28-32-40)42-35-43(37-44(36-42)56-55-48-20-8-14-26-54(48)65-57(55)47-19-7-9-21-49(47)60-56)39-29-33-41(34-30-39)59-62-51-23-11-13-25-53(51)64(59)46-17-5-2-6-18-46/h1-37H. The van der Waals surface area contributed by atoms with Gasteiger partial charge in [-0.2, -0.15) is 0 Å². The van der Waals surface area contributed by atoms with Gasteiger partial charge in [-0.3, -0.25) is 9.13 Å². The third-order valence-electron chi connectivity index (χ3n) is 12.5. The third-order valence-corrected chi connectivity index (χ3v) is 12.5. The molecule has 4 heterocycles. The molecule has 4 aromatic heterocycles. The van der Waals surface area contributed by atoms with Gasteiger partial charge in [-0.15, -0.1) is 0 Å². The van der Waals surface area contributed by atoms with Gasteiger partial charge in [0, 0.05) is 38.8 Å². The Kier molecular flexibility index (Phi) is 8.42. The van der Waals surface area contributed by atoms with Crippen LogP contribution >= 0.6 is 0 Å². The van der Waals surface area contributed by atoms with E-state index in [1.807, 2.05) is 48.5 Å². The first kappa shape index (κ1) is 36.8. The van der Waals surface area contributed by atoms with Crippen LogP contribution in [0.3, 0.4) is 0 Å². The lowest BCUT2D eigenvalue weighted by Gasteiger charge is -2.14. The number of rotatable bonds is 7. The summed E-state index contributed by atoms with van der Waals surface area (Å²) in [5, 5.41) is 3.04. The highest BCUT2D eigenvalue weighted by Gasteiger charge is 2.21. The lowest BCUT2D eigenvalue weighted by molar-refractivity contribution is 0.672. The molecule has 0 aliphatic heterocycles. The van der Waals surface area contributed by atoms with E-state index in [1.165, 1.54) is 0 Å². The van der Waals surface area contributed by atoms with Crippen molar-refractivity contribution in [3.05, 3.63) is 224 Å². The summed E-state index contributed by atoms with van der Waals surface area (Å²) in [6.07, 6.45) is 0. The molecule has 0 aliphatic carbocycles. The lowest BCUT2D eigenvalue weighted by Crippen LogP contribution is -1.97. The van der Waals surface area contributed by atoms with Gasteiger partial charge in [0.15, 0.2) is 0 Å². The van der Waals surface area contributed by atoms with E-state index in [-0.39, 0.29) is 0 Å². The number of fused-ring (bicyclic) bond motifs is 7. The number of furan rings is 1. The summed E-state index contributed by atoms with van der Waals surface area (Å²) < 4.78 is 11.1. The van der Waals surface area contributed by atoms with Crippen LogP contribution < -0.4 is 0 Å². The topological polar surface area (TPSA) is 61.7 Å². The van der Waals surface area contributed by atoms with Crippen molar-refractivity contribution < 1.29 is 4.42 Å². The fraction of sp³-hybridized carbons (Fsp3) is 0. The Morgan fingerprint density at radius 2 is 0.754 bits per heavy atom. The van der Waals surface area contributed by atoms with Crippen molar-refractivity contribution in [2.75, 3.05) is 0 Å². The van der Waals surface area contributed by atoms with Crippen molar-refractivity contribution in [1.29, 1.82) is 0 Å². The van der Waals surface area contributed by atoms with Gasteiger partial charge in [-0.1, -0.05) is 140 Å². The molecule has 6 nitrogen and oxygen atoms in total. The summed E-state index contributed by atoms with van der Waals surface area (Å²) in [5.41, 5.74) is 17.0. The minimum Gasteiger partial charge on any atom is -0.455 e. The highest BCUT2D eigenvalue weighted by atomic mass is 16.3. The van der Waals surface area contributed by atoms with Crippen molar-refractivity contribution >= 4 is 54.9 Å². The van der Waals surface area contributed by atoms with E-state index in [0.29, 0.717) is 0 Å². The van der Waals surface area contributed by atoms with Gasteiger partial charge >= 0.3 is 0 Å². The Hall–Kier alpha value is -8.87. The summed E-state index contributed by atoms with van der Waals surface area (Å²) in [7, 11) is 0. The zero-order valence-electron chi connectivity index (χ0n) is 35.0. The second kappa shape index (κ2) is 14.9. The number of nitrogens with zero attached hydrogens (tertiary/aromatic N) is 5. The molecule has 13 aromatic rings. The number of para-hydroxylation sites is 8. The first-order chi connectivity index (χ1) is 32.2. The Balaban J connectivity index is 0.982. The van der Waals surface area contributed by atoms with E-state index < -0.39 is 0 Å². The second-order valence-corrected chi connectivity index (χ2v) is 16.4. The minimum atomic E-state index is 0.840. The third kappa shape index (κ3) is 6.15. The van der Waals surface area contributed by atoms with Crippen LogP contribution in [0.1, 0.15) is 0 Å². The zero-order valence-corrected chi connectivity index (χ0v) is 35.0. The molecule has 65 heavy (non-hydrogen) atoms.